The number of piperidine rings is 1. The zero-order valence-electron chi connectivity index (χ0n) is 31.9. The summed E-state index contributed by atoms with van der Waals surface area (Å²) in [6, 6.07) is 23.0. The zero-order valence-corrected chi connectivity index (χ0v) is 31.9. The van der Waals surface area contributed by atoms with Crippen molar-refractivity contribution in [1.29, 1.82) is 0 Å². The van der Waals surface area contributed by atoms with Gasteiger partial charge in [0.25, 0.3) is 11.8 Å². The number of anilines is 2. The van der Waals surface area contributed by atoms with Gasteiger partial charge in [0, 0.05) is 55.1 Å². The molecule has 8 rings (SSSR count). The van der Waals surface area contributed by atoms with Gasteiger partial charge >= 0.3 is 0 Å². The number of aromatic nitrogens is 1. The number of nitrogens with zero attached hydrogens (tertiary/aromatic N) is 3. The number of hydrogen-bond donors (Lipinski definition) is 4. The molecular weight excluding hydrogens is 721 g/mol. The van der Waals surface area contributed by atoms with Crippen LogP contribution in [0.1, 0.15) is 101 Å². The fourth-order valence-corrected chi connectivity index (χ4v) is 9.16. The summed E-state index contributed by atoms with van der Waals surface area (Å²) in [4.78, 5) is 71.3. The van der Waals surface area contributed by atoms with Gasteiger partial charge in [0.1, 0.15) is 6.04 Å². The number of aliphatic hydroxyl groups is 1. The van der Waals surface area contributed by atoms with Gasteiger partial charge in [0.15, 0.2) is 0 Å². The lowest BCUT2D eigenvalue weighted by Gasteiger charge is -2.39. The van der Waals surface area contributed by atoms with E-state index in [1.807, 2.05) is 36.7 Å². The highest BCUT2D eigenvalue weighted by molar-refractivity contribution is 6.24. The molecule has 294 valence electrons. The quantitative estimate of drug-likeness (QED) is 0.0889. The summed E-state index contributed by atoms with van der Waals surface area (Å²) >= 11 is 0. The van der Waals surface area contributed by atoms with Crippen molar-refractivity contribution in [2.75, 3.05) is 23.8 Å². The van der Waals surface area contributed by atoms with E-state index in [2.05, 4.69) is 62.2 Å². The molecule has 0 spiro atoms. The van der Waals surface area contributed by atoms with Crippen molar-refractivity contribution in [2.24, 2.45) is 5.92 Å². The minimum Gasteiger partial charge on any atom is -0.394 e. The monoisotopic (exact) mass is 768 g/mol. The maximum atomic E-state index is 13.4. The van der Waals surface area contributed by atoms with Gasteiger partial charge in [-0.2, -0.15) is 0 Å². The van der Waals surface area contributed by atoms with Crippen molar-refractivity contribution in [1.82, 2.24) is 20.1 Å². The highest BCUT2D eigenvalue weighted by Gasteiger charge is 2.46. The number of hydrogen-bond acceptors (Lipinski definition) is 9. The Morgan fingerprint density at radius 1 is 0.860 bits per heavy atom. The molecule has 3 aromatic carbocycles. The number of carbonyl (C=O) groups excluding carboxylic acids is 5. The van der Waals surface area contributed by atoms with Crippen LogP contribution in [0.5, 0.6) is 0 Å². The van der Waals surface area contributed by atoms with E-state index in [1.54, 1.807) is 12.1 Å². The molecule has 4 aromatic rings. The molecule has 1 aromatic heterocycles. The first-order valence-electron chi connectivity index (χ1n) is 20.2. The van der Waals surface area contributed by atoms with Crippen molar-refractivity contribution < 1.29 is 29.1 Å². The number of amides is 5. The molecule has 0 radical (unpaired) electrons. The Labute approximate surface area is 332 Å². The number of fused-ring (bicyclic) bond motifs is 4. The number of aliphatic hydroxyl groups excluding tert-OH is 1. The Morgan fingerprint density at radius 3 is 2.47 bits per heavy atom. The van der Waals surface area contributed by atoms with Gasteiger partial charge in [-0.25, -0.2) is 0 Å². The number of carbonyl (C=O) groups is 5. The van der Waals surface area contributed by atoms with Gasteiger partial charge in [-0.3, -0.25) is 44.1 Å². The number of aryl methyl sites for hydroxylation is 1. The first-order chi connectivity index (χ1) is 27.8. The van der Waals surface area contributed by atoms with Crippen molar-refractivity contribution in [3.63, 3.8) is 0 Å². The fraction of sp³-hybridized carbons (Fsp3) is 0.378. The first-order valence-corrected chi connectivity index (χ1v) is 20.2. The van der Waals surface area contributed by atoms with Crippen LogP contribution in [0.2, 0.25) is 0 Å². The fourth-order valence-electron chi connectivity index (χ4n) is 9.16. The number of benzene rings is 3. The van der Waals surface area contributed by atoms with E-state index in [-0.39, 0.29) is 37.4 Å². The Kier molecular flexibility index (Phi) is 11.2. The second-order valence-corrected chi connectivity index (χ2v) is 15.6. The van der Waals surface area contributed by atoms with Gasteiger partial charge in [0.2, 0.25) is 17.7 Å². The van der Waals surface area contributed by atoms with Crippen molar-refractivity contribution in [3.05, 3.63) is 113 Å². The van der Waals surface area contributed by atoms with E-state index >= 15 is 0 Å². The predicted octanol–water partition coefficient (Wildman–Crippen LogP) is 6.02. The van der Waals surface area contributed by atoms with Gasteiger partial charge in [-0.05, 0) is 109 Å². The average Bonchev–Trinajstić information content (AvgIpc) is 3.75. The first kappa shape index (κ1) is 38.2. The zero-order chi connectivity index (χ0) is 39.5. The number of unbranched alkanes of at least 4 members (excludes halogenated alkanes) is 4. The molecule has 5 amide bonds. The molecule has 0 bridgehead atoms. The second-order valence-electron chi connectivity index (χ2n) is 15.6. The summed E-state index contributed by atoms with van der Waals surface area (Å²) < 4.78 is 0. The van der Waals surface area contributed by atoms with E-state index in [4.69, 9.17) is 0 Å². The Balaban J connectivity index is 0.819. The van der Waals surface area contributed by atoms with Crippen molar-refractivity contribution in [3.8, 4) is 11.1 Å². The second kappa shape index (κ2) is 16.8. The van der Waals surface area contributed by atoms with Gasteiger partial charge in [-0.15, -0.1) is 0 Å². The third kappa shape index (κ3) is 7.97. The molecule has 4 aliphatic heterocycles. The molecule has 1 unspecified atom stereocenters. The molecule has 5 heterocycles. The van der Waals surface area contributed by atoms with Crippen LogP contribution in [0, 0.1) is 5.92 Å². The third-order valence-electron chi connectivity index (χ3n) is 12.0. The summed E-state index contributed by atoms with van der Waals surface area (Å²) in [5, 5.41) is 19.2. The molecule has 0 saturated carbocycles. The number of rotatable bonds is 14. The molecular formula is C45H48N6O6. The number of likely N-dealkylation sites (tertiary alicyclic amines) is 1. The molecule has 4 N–H and O–H groups in total. The molecule has 0 aliphatic carbocycles. The van der Waals surface area contributed by atoms with Gasteiger partial charge in [-0.1, -0.05) is 49.6 Å². The minimum atomic E-state index is -0.978. The summed E-state index contributed by atoms with van der Waals surface area (Å²) in [5.74, 6) is -1.70. The van der Waals surface area contributed by atoms with Crippen LogP contribution < -0.4 is 16.0 Å². The van der Waals surface area contributed by atoms with Crippen LogP contribution >= 0.6 is 0 Å². The van der Waals surface area contributed by atoms with E-state index in [0.29, 0.717) is 29.9 Å². The van der Waals surface area contributed by atoms with E-state index in [0.717, 1.165) is 84.6 Å². The Morgan fingerprint density at radius 2 is 1.65 bits per heavy atom. The van der Waals surface area contributed by atoms with Gasteiger partial charge < -0.3 is 15.7 Å². The number of pyridine rings is 1. The van der Waals surface area contributed by atoms with Crippen molar-refractivity contribution in [2.45, 2.75) is 88.9 Å². The standard InChI is InChI=1S/C45H48N6O6/c52-27-37-33-20-23-50(26-28-18-21-46-22-19-28)42(33)35-25-31(14-15-36(35)48-37)30-10-6-11-32(24-30)47-39(53)13-5-3-1-2-4-8-29-9-7-12-34-41(29)45(57)51(44(34)56)38-16-17-40(54)49-43(38)55/h6-7,9-12,14-15,18-19,21-22,24-25,33,37-38,42,48,52H,1-5,8,13,16-17,20,23,26-27H2,(H,47,53)(H,49,54,55)/t33-,37-,38?,42-/m1/s1. The molecule has 12 heteroatoms. The molecule has 12 nitrogen and oxygen atoms in total. The summed E-state index contributed by atoms with van der Waals surface area (Å²) in [5.41, 5.74) is 7.82. The molecule has 2 fully saturated rings. The lowest BCUT2D eigenvalue weighted by Crippen LogP contribution is -2.54. The minimum absolute atomic E-state index is 0.00566. The average molecular weight is 769 g/mol. The highest BCUT2D eigenvalue weighted by atomic mass is 16.3. The number of imide groups is 2. The SMILES string of the molecule is O=C1CCC(N2C(=O)c3cccc(CCCCCCCC(=O)Nc4cccc(-c5ccc6c(c5)[C@H]5[C@H](CCN5Cc5ccncc5)[C@@H](CO)N6)c4)c3C2=O)C(=O)N1. The normalized spacial score (nSPS) is 21.5. The predicted molar refractivity (Wildman–Crippen MR) is 215 cm³/mol. The molecule has 2 saturated heterocycles. The van der Waals surface area contributed by atoms with Crippen LogP contribution in [0.4, 0.5) is 11.4 Å². The van der Waals surface area contributed by atoms with Crippen LogP contribution in [-0.4, -0.2) is 74.7 Å². The van der Waals surface area contributed by atoms with E-state index in [1.165, 1.54) is 11.1 Å². The summed E-state index contributed by atoms with van der Waals surface area (Å²) in [7, 11) is 0. The lowest BCUT2D eigenvalue weighted by atomic mass is 9.82. The maximum Gasteiger partial charge on any atom is 0.262 e. The highest BCUT2D eigenvalue weighted by Crippen LogP contribution is 2.48. The Hall–Kier alpha value is -5.72. The summed E-state index contributed by atoms with van der Waals surface area (Å²) in [6.45, 7) is 1.87. The summed E-state index contributed by atoms with van der Waals surface area (Å²) in [6.07, 6.45) is 10.2. The number of nitrogens with one attached hydrogen (secondary N) is 3. The maximum absolute atomic E-state index is 13.4. The largest absolute Gasteiger partial charge is 0.394 e. The molecule has 4 aliphatic rings. The molecule has 57 heavy (non-hydrogen) atoms. The van der Waals surface area contributed by atoms with E-state index in [9.17, 15) is 29.1 Å². The Bertz CT molecular complexity index is 2190. The molecule has 4 atom stereocenters. The van der Waals surface area contributed by atoms with Crippen LogP contribution in [0.25, 0.3) is 11.1 Å². The van der Waals surface area contributed by atoms with Crippen molar-refractivity contribution >= 4 is 40.9 Å². The smallest absolute Gasteiger partial charge is 0.262 e. The topological polar surface area (TPSA) is 161 Å². The van der Waals surface area contributed by atoms with Crippen LogP contribution in [0.15, 0.2) is 85.2 Å². The van der Waals surface area contributed by atoms with E-state index < -0.39 is 29.7 Å². The lowest BCUT2D eigenvalue weighted by molar-refractivity contribution is -0.136. The van der Waals surface area contributed by atoms with Gasteiger partial charge in [0.05, 0.1) is 23.8 Å². The third-order valence-corrected chi connectivity index (χ3v) is 12.0. The van der Waals surface area contributed by atoms with Crippen LogP contribution in [-0.2, 0) is 27.3 Å². The van der Waals surface area contributed by atoms with Crippen LogP contribution in [0.3, 0.4) is 0 Å².